The van der Waals surface area contributed by atoms with E-state index in [2.05, 4.69) is 4.72 Å². The maximum absolute atomic E-state index is 12.7. The van der Waals surface area contributed by atoms with Crippen LogP contribution in [0.15, 0.2) is 66.7 Å². The summed E-state index contributed by atoms with van der Waals surface area (Å²) in [5.74, 6) is 0. The summed E-state index contributed by atoms with van der Waals surface area (Å²) >= 11 is 0. The molecule has 6 heteroatoms. The minimum atomic E-state index is -3.53. The predicted octanol–water partition coefficient (Wildman–Crippen LogP) is 4.11. The molecule has 3 N–H and O–H groups in total. The van der Waals surface area contributed by atoms with E-state index in [1.165, 1.54) is 0 Å². The van der Waals surface area contributed by atoms with Crippen LogP contribution in [0.1, 0.15) is 45.2 Å². The lowest BCUT2D eigenvalue weighted by Gasteiger charge is -2.30. The lowest BCUT2D eigenvalue weighted by atomic mass is 9.95. The second-order valence-electron chi connectivity index (χ2n) is 8.95. The molecule has 0 unspecified atom stereocenters. The Morgan fingerprint density at radius 2 is 1.57 bits per heavy atom. The number of sulfonamides is 1. The van der Waals surface area contributed by atoms with Gasteiger partial charge >= 0.3 is 0 Å². The van der Waals surface area contributed by atoms with Crippen LogP contribution in [0.4, 0.5) is 0 Å². The zero-order chi connectivity index (χ0) is 22.3. The van der Waals surface area contributed by atoms with Crippen molar-refractivity contribution in [2.75, 3.05) is 6.61 Å². The van der Waals surface area contributed by atoms with Crippen molar-refractivity contribution in [1.29, 1.82) is 0 Å². The highest BCUT2D eigenvalue weighted by Gasteiger charge is 2.33. The molecule has 0 aliphatic carbocycles. The molecule has 0 bridgehead atoms. The van der Waals surface area contributed by atoms with Crippen LogP contribution in [0.3, 0.4) is 0 Å². The minimum Gasteiger partial charge on any atom is -0.375 e. The Labute approximate surface area is 181 Å². The van der Waals surface area contributed by atoms with Gasteiger partial charge in [0.2, 0.25) is 10.0 Å². The van der Waals surface area contributed by atoms with E-state index in [1.54, 1.807) is 20.8 Å². The summed E-state index contributed by atoms with van der Waals surface area (Å²) in [6, 6.07) is 19.2. The first-order chi connectivity index (χ1) is 14.0. The Morgan fingerprint density at radius 1 is 1.00 bits per heavy atom. The third-order valence-electron chi connectivity index (χ3n) is 4.66. The molecule has 0 aliphatic rings. The molecule has 0 heterocycles. The summed E-state index contributed by atoms with van der Waals surface area (Å²) in [5.41, 5.74) is 7.85. The quantitative estimate of drug-likeness (QED) is 0.594. The van der Waals surface area contributed by atoms with Gasteiger partial charge in [-0.25, -0.2) is 13.1 Å². The van der Waals surface area contributed by atoms with Crippen molar-refractivity contribution in [1.82, 2.24) is 4.72 Å². The van der Waals surface area contributed by atoms with Gasteiger partial charge in [-0.1, -0.05) is 72.8 Å². The number of benzene rings is 2. The average molecular weight is 431 g/mol. The molecule has 2 rings (SSSR count). The second-order valence-corrected chi connectivity index (χ2v) is 11.4. The molecule has 0 saturated heterocycles. The molecular weight excluding hydrogens is 396 g/mol. The molecule has 0 radical (unpaired) electrons. The van der Waals surface area contributed by atoms with E-state index in [1.807, 2.05) is 79.7 Å². The van der Waals surface area contributed by atoms with Crippen LogP contribution in [-0.4, -0.2) is 31.4 Å². The topological polar surface area (TPSA) is 81.4 Å². The van der Waals surface area contributed by atoms with Gasteiger partial charge in [-0.2, -0.15) is 0 Å². The van der Waals surface area contributed by atoms with Crippen molar-refractivity contribution in [3.63, 3.8) is 0 Å². The first kappa shape index (κ1) is 24.3. The van der Waals surface area contributed by atoms with Crippen molar-refractivity contribution in [2.24, 2.45) is 5.73 Å². The molecule has 0 aromatic heterocycles. The van der Waals surface area contributed by atoms with E-state index < -0.39 is 26.4 Å². The van der Waals surface area contributed by atoms with Crippen molar-refractivity contribution in [3.8, 4) is 0 Å². The van der Waals surface area contributed by atoms with Gasteiger partial charge in [0, 0.05) is 11.6 Å². The van der Waals surface area contributed by atoms with Gasteiger partial charge in [0.05, 0.1) is 18.0 Å². The first-order valence-corrected chi connectivity index (χ1v) is 11.6. The molecule has 0 saturated carbocycles. The Bertz CT molecular complexity index is 902. The highest BCUT2D eigenvalue weighted by atomic mass is 32.2. The Kier molecular flexibility index (Phi) is 8.38. The number of hydrogen-bond donors (Lipinski definition) is 2. The number of ether oxygens (including phenoxy) is 1. The lowest BCUT2D eigenvalue weighted by molar-refractivity contribution is 0.0744. The van der Waals surface area contributed by atoms with Gasteiger partial charge in [-0.3, -0.25) is 0 Å². The fraction of sp³-hybridized carbons (Fsp3) is 0.417. The van der Waals surface area contributed by atoms with Gasteiger partial charge in [0.1, 0.15) is 0 Å². The summed E-state index contributed by atoms with van der Waals surface area (Å²) in [4.78, 5) is 0. The van der Waals surface area contributed by atoms with Crippen LogP contribution in [0.5, 0.6) is 0 Å². The van der Waals surface area contributed by atoms with Crippen molar-refractivity contribution in [2.45, 2.75) is 57.1 Å². The number of hydrogen-bond acceptors (Lipinski definition) is 4. The maximum atomic E-state index is 12.7. The van der Waals surface area contributed by atoms with Crippen molar-refractivity contribution >= 4 is 16.1 Å². The summed E-state index contributed by atoms with van der Waals surface area (Å²) < 4.78 is 33.2. The standard InChI is InChI=1S/C24H34N2O3S/c1-23(2,3)30(27,28)26-22(16-15-20-11-7-5-8-12-20)17-24(4,25)19-29-18-21-13-9-6-10-14-21/h5-16,22,26H,17-19,25H2,1-4H3/b16-15+/t22-,24+/m1/s1. The first-order valence-electron chi connectivity index (χ1n) is 10.1. The molecule has 5 nitrogen and oxygen atoms in total. The zero-order valence-electron chi connectivity index (χ0n) is 18.3. The van der Waals surface area contributed by atoms with Crippen molar-refractivity contribution in [3.05, 3.63) is 77.9 Å². The molecule has 2 atom stereocenters. The fourth-order valence-corrected chi connectivity index (χ4v) is 3.77. The summed E-state index contributed by atoms with van der Waals surface area (Å²) in [7, 11) is -3.53. The predicted molar refractivity (Wildman–Crippen MR) is 124 cm³/mol. The van der Waals surface area contributed by atoms with Crippen LogP contribution in [0.2, 0.25) is 0 Å². The van der Waals surface area contributed by atoms with Gasteiger partial charge in [-0.05, 0) is 45.2 Å². The molecular formula is C24H34N2O3S. The Morgan fingerprint density at radius 3 is 2.13 bits per heavy atom. The third kappa shape index (κ3) is 8.03. The normalized spacial score (nSPS) is 15.8. The van der Waals surface area contributed by atoms with Crippen LogP contribution in [0, 0.1) is 0 Å². The largest absolute Gasteiger partial charge is 0.375 e. The molecule has 0 fully saturated rings. The van der Waals surface area contributed by atoms with E-state index in [0.29, 0.717) is 19.6 Å². The van der Waals surface area contributed by atoms with Crippen molar-refractivity contribution < 1.29 is 13.2 Å². The summed E-state index contributed by atoms with van der Waals surface area (Å²) in [6.07, 6.45) is 4.18. The minimum absolute atomic E-state index is 0.314. The Hall–Kier alpha value is -1.99. The van der Waals surface area contributed by atoms with Gasteiger partial charge < -0.3 is 10.5 Å². The van der Waals surface area contributed by atoms with E-state index in [-0.39, 0.29) is 0 Å². The van der Waals surface area contributed by atoms with E-state index in [9.17, 15) is 8.42 Å². The Balaban J connectivity index is 2.09. The summed E-state index contributed by atoms with van der Waals surface area (Å²) in [5, 5.41) is 0. The lowest BCUT2D eigenvalue weighted by Crippen LogP contribution is -2.50. The van der Waals surface area contributed by atoms with E-state index >= 15 is 0 Å². The van der Waals surface area contributed by atoms with Gasteiger partial charge in [0.25, 0.3) is 0 Å². The number of rotatable bonds is 10. The second kappa shape index (κ2) is 10.4. The number of nitrogens with two attached hydrogens (primary N) is 1. The van der Waals surface area contributed by atoms with Crippen LogP contribution < -0.4 is 10.5 Å². The van der Waals surface area contributed by atoms with Crippen LogP contribution in [-0.2, 0) is 21.4 Å². The SMILES string of the molecule is CC(C)(C)S(=O)(=O)N[C@H](/C=C/c1ccccc1)C[C@](C)(N)COCc1ccccc1. The van der Waals surface area contributed by atoms with Crippen LogP contribution in [0.25, 0.3) is 6.08 Å². The smallest absolute Gasteiger partial charge is 0.217 e. The van der Waals surface area contributed by atoms with E-state index in [4.69, 9.17) is 10.5 Å². The number of nitrogens with one attached hydrogen (secondary N) is 1. The van der Waals surface area contributed by atoms with Crippen LogP contribution >= 0.6 is 0 Å². The molecule has 0 aliphatic heterocycles. The van der Waals surface area contributed by atoms with Gasteiger partial charge in [-0.15, -0.1) is 0 Å². The molecule has 30 heavy (non-hydrogen) atoms. The van der Waals surface area contributed by atoms with E-state index in [0.717, 1.165) is 11.1 Å². The zero-order valence-corrected chi connectivity index (χ0v) is 19.2. The highest BCUT2D eigenvalue weighted by Crippen LogP contribution is 2.19. The monoisotopic (exact) mass is 430 g/mol. The average Bonchev–Trinajstić information content (AvgIpc) is 2.66. The summed E-state index contributed by atoms with van der Waals surface area (Å²) in [6.45, 7) is 7.70. The molecule has 164 valence electrons. The molecule has 0 spiro atoms. The molecule has 2 aromatic carbocycles. The third-order valence-corrected chi connectivity index (χ3v) is 6.89. The van der Waals surface area contributed by atoms with Gasteiger partial charge in [0.15, 0.2) is 0 Å². The maximum Gasteiger partial charge on any atom is 0.217 e. The molecule has 0 amide bonds. The molecule has 2 aromatic rings. The highest BCUT2D eigenvalue weighted by molar-refractivity contribution is 7.90. The fourth-order valence-electron chi connectivity index (χ4n) is 2.85.